The average Bonchev–Trinajstić information content (AvgIpc) is 2.50. The molecule has 2 aromatic carbocycles. The molecule has 0 saturated heterocycles. The monoisotopic (exact) mass is 261 g/mol. The first-order chi connectivity index (χ1) is 9.83. The first kappa shape index (κ1) is 12.7. The fourth-order valence-corrected chi connectivity index (χ4v) is 2.56. The molecule has 0 amide bonds. The van der Waals surface area contributed by atoms with E-state index < -0.39 is 0 Å². The molecule has 1 aliphatic rings. The fourth-order valence-electron chi connectivity index (χ4n) is 2.56. The van der Waals surface area contributed by atoms with E-state index in [9.17, 15) is 0 Å². The zero-order valence-corrected chi connectivity index (χ0v) is 11.7. The Labute approximate surface area is 120 Å². The number of anilines is 2. The molecule has 2 aromatic rings. The van der Waals surface area contributed by atoms with Crippen LogP contribution in [0.25, 0.3) is 5.57 Å². The van der Waals surface area contributed by atoms with Gasteiger partial charge in [-0.15, -0.1) is 0 Å². The molecule has 0 spiro atoms. The van der Waals surface area contributed by atoms with Gasteiger partial charge in [-0.1, -0.05) is 55.5 Å². The van der Waals surface area contributed by atoms with E-state index in [1.807, 2.05) is 18.2 Å². The summed E-state index contributed by atoms with van der Waals surface area (Å²) in [6.45, 7) is 2.28. The van der Waals surface area contributed by atoms with Crippen molar-refractivity contribution in [1.82, 2.24) is 0 Å². The molecular formula is C19H19N. The Morgan fingerprint density at radius 1 is 0.900 bits per heavy atom. The van der Waals surface area contributed by atoms with Crippen molar-refractivity contribution >= 4 is 16.9 Å². The zero-order chi connectivity index (χ0) is 13.8. The van der Waals surface area contributed by atoms with Crippen molar-refractivity contribution in [2.75, 3.05) is 5.32 Å². The lowest BCUT2D eigenvalue weighted by Crippen LogP contribution is -2.00. The molecular weight excluding hydrogens is 242 g/mol. The Hall–Kier alpha value is -2.28. The molecule has 1 atom stereocenters. The van der Waals surface area contributed by atoms with E-state index in [1.165, 1.54) is 11.1 Å². The zero-order valence-electron chi connectivity index (χ0n) is 11.7. The van der Waals surface area contributed by atoms with Crippen LogP contribution in [0.5, 0.6) is 0 Å². The molecule has 1 heteroatoms. The maximum absolute atomic E-state index is 3.41. The van der Waals surface area contributed by atoms with Crippen LogP contribution in [0, 0.1) is 5.92 Å². The summed E-state index contributed by atoms with van der Waals surface area (Å²) in [4.78, 5) is 0. The smallest absolute Gasteiger partial charge is 0.0384 e. The lowest BCUT2D eigenvalue weighted by atomic mass is 9.88. The van der Waals surface area contributed by atoms with Crippen molar-refractivity contribution in [1.29, 1.82) is 0 Å². The Morgan fingerprint density at radius 2 is 1.60 bits per heavy atom. The predicted molar refractivity (Wildman–Crippen MR) is 87.1 cm³/mol. The van der Waals surface area contributed by atoms with Crippen LogP contribution in [0.15, 0.2) is 72.8 Å². The summed E-state index contributed by atoms with van der Waals surface area (Å²) in [6.07, 6.45) is 7.76. The van der Waals surface area contributed by atoms with Crippen LogP contribution in [0.2, 0.25) is 0 Å². The van der Waals surface area contributed by atoms with Crippen LogP contribution in [-0.4, -0.2) is 0 Å². The second-order valence-electron chi connectivity index (χ2n) is 5.26. The summed E-state index contributed by atoms with van der Waals surface area (Å²) >= 11 is 0. The molecule has 0 saturated carbocycles. The summed E-state index contributed by atoms with van der Waals surface area (Å²) in [5.41, 5.74) is 4.99. The minimum atomic E-state index is 0.605. The van der Waals surface area contributed by atoms with Gasteiger partial charge >= 0.3 is 0 Å². The third kappa shape index (κ3) is 2.83. The molecule has 1 nitrogen and oxygen atoms in total. The molecule has 3 rings (SSSR count). The molecule has 0 fully saturated rings. The summed E-state index contributed by atoms with van der Waals surface area (Å²) in [7, 11) is 0. The van der Waals surface area contributed by atoms with Crippen molar-refractivity contribution in [3.8, 4) is 0 Å². The Bertz CT molecular complexity index is 621. The third-order valence-corrected chi connectivity index (χ3v) is 3.71. The summed E-state index contributed by atoms with van der Waals surface area (Å²) in [6, 6.07) is 18.9. The molecule has 1 aliphatic carbocycles. The minimum Gasteiger partial charge on any atom is -0.356 e. The standard InChI is InChI=1S/C19H19N/c1-15-7-5-6-10-19(15)16-11-13-18(14-12-16)20-17-8-3-2-4-9-17/h2-6,8-15,20H,7H2,1H3. The van der Waals surface area contributed by atoms with Gasteiger partial charge in [-0.2, -0.15) is 0 Å². The minimum absolute atomic E-state index is 0.605. The molecule has 1 N–H and O–H groups in total. The molecule has 100 valence electrons. The Balaban J connectivity index is 1.78. The molecule has 0 bridgehead atoms. The van der Waals surface area contributed by atoms with E-state index in [0.29, 0.717) is 5.92 Å². The lowest BCUT2D eigenvalue weighted by molar-refractivity contribution is 0.758. The van der Waals surface area contributed by atoms with Gasteiger partial charge in [-0.25, -0.2) is 0 Å². The molecule has 1 unspecified atom stereocenters. The number of hydrogen-bond donors (Lipinski definition) is 1. The Kier molecular flexibility index (Phi) is 3.69. The number of hydrogen-bond acceptors (Lipinski definition) is 1. The first-order valence-electron chi connectivity index (χ1n) is 7.12. The molecule has 0 aromatic heterocycles. The van der Waals surface area contributed by atoms with Gasteiger partial charge in [0.1, 0.15) is 0 Å². The van der Waals surface area contributed by atoms with E-state index in [2.05, 4.69) is 66.9 Å². The SMILES string of the molecule is CC1CC=CC=C1c1ccc(Nc2ccccc2)cc1. The summed E-state index contributed by atoms with van der Waals surface area (Å²) in [5, 5.41) is 3.41. The van der Waals surface area contributed by atoms with Gasteiger partial charge in [-0.05, 0) is 47.7 Å². The summed E-state index contributed by atoms with van der Waals surface area (Å²) in [5.74, 6) is 0.605. The van der Waals surface area contributed by atoms with Gasteiger partial charge in [0.15, 0.2) is 0 Å². The quantitative estimate of drug-likeness (QED) is 0.779. The van der Waals surface area contributed by atoms with E-state index >= 15 is 0 Å². The van der Waals surface area contributed by atoms with E-state index in [1.54, 1.807) is 0 Å². The van der Waals surface area contributed by atoms with E-state index in [4.69, 9.17) is 0 Å². The van der Waals surface area contributed by atoms with Gasteiger partial charge in [-0.3, -0.25) is 0 Å². The van der Waals surface area contributed by atoms with Gasteiger partial charge in [0.25, 0.3) is 0 Å². The van der Waals surface area contributed by atoms with Crippen molar-refractivity contribution in [3.63, 3.8) is 0 Å². The van der Waals surface area contributed by atoms with Crippen LogP contribution < -0.4 is 5.32 Å². The van der Waals surface area contributed by atoms with Gasteiger partial charge in [0.2, 0.25) is 0 Å². The van der Waals surface area contributed by atoms with Gasteiger partial charge in [0.05, 0.1) is 0 Å². The lowest BCUT2D eigenvalue weighted by Gasteiger charge is -2.18. The second-order valence-corrected chi connectivity index (χ2v) is 5.26. The van der Waals surface area contributed by atoms with Crippen LogP contribution in [0.3, 0.4) is 0 Å². The first-order valence-corrected chi connectivity index (χ1v) is 7.12. The molecule has 0 radical (unpaired) electrons. The van der Waals surface area contributed by atoms with Crippen molar-refractivity contribution < 1.29 is 0 Å². The summed E-state index contributed by atoms with van der Waals surface area (Å²) < 4.78 is 0. The van der Waals surface area contributed by atoms with Crippen LogP contribution in [0.1, 0.15) is 18.9 Å². The number of rotatable bonds is 3. The maximum Gasteiger partial charge on any atom is 0.0384 e. The molecule has 0 heterocycles. The van der Waals surface area contributed by atoms with E-state index in [-0.39, 0.29) is 0 Å². The number of nitrogens with one attached hydrogen (secondary N) is 1. The van der Waals surface area contributed by atoms with E-state index in [0.717, 1.165) is 17.8 Å². The Morgan fingerprint density at radius 3 is 2.30 bits per heavy atom. The molecule has 20 heavy (non-hydrogen) atoms. The highest BCUT2D eigenvalue weighted by molar-refractivity contribution is 5.72. The number of benzene rings is 2. The topological polar surface area (TPSA) is 12.0 Å². The fraction of sp³-hybridized carbons (Fsp3) is 0.158. The largest absolute Gasteiger partial charge is 0.356 e. The number of allylic oxidation sites excluding steroid dienone is 4. The number of para-hydroxylation sites is 1. The normalized spacial score (nSPS) is 17.6. The van der Waals surface area contributed by atoms with Crippen LogP contribution >= 0.6 is 0 Å². The van der Waals surface area contributed by atoms with Gasteiger partial charge in [0, 0.05) is 11.4 Å². The second kappa shape index (κ2) is 5.79. The highest BCUT2D eigenvalue weighted by Crippen LogP contribution is 2.30. The maximum atomic E-state index is 3.41. The third-order valence-electron chi connectivity index (χ3n) is 3.71. The van der Waals surface area contributed by atoms with Crippen molar-refractivity contribution in [2.24, 2.45) is 5.92 Å². The highest BCUT2D eigenvalue weighted by Gasteiger charge is 2.11. The van der Waals surface area contributed by atoms with Crippen LogP contribution in [-0.2, 0) is 0 Å². The molecule has 0 aliphatic heterocycles. The van der Waals surface area contributed by atoms with Crippen LogP contribution in [0.4, 0.5) is 11.4 Å². The highest BCUT2D eigenvalue weighted by atomic mass is 14.9. The van der Waals surface area contributed by atoms with Crippen molar-refractivity contribution in [3.05, 3.63) is 78.4 Å². The predicted octanol–water partition coefficient (Wildman–Crippen LogP) is 5.41. The van der Waals surface area contributed by atoms with Gasteiger partial charge < -0.3 is 5.32 Å². The van der Waals surface area contributed by atoms with Crippen molar-refractivity contribution in [2.45, 2.75) is 13.3 Å². The average molecular weight is 261 g/mol.